The van der Waals surface area contributed by atoms with Gasteiger partial charge < -0.3 is 15.4 Å². The molecule has 1 aliphatic heterocycles. The normalized spacial score (nSPS) is 15.5. The molecule has 130 valence electrons. The summed E-state index contributed by atoms with van der Waals surface area (Å²) in [6.45, 7) is 4.20. The average molecular weight is 339 g/mol. The zero-order valence-corrected chi connectivity index (χ0v) is 14.6. The van der Waals surface area contributed by atoms with Crippen molar-refractivity contribution in [2.24, 2.45) is 0 Å². The van der Waals surface area contributed by atoms with Crippen LogP contribution in [0.2, 0.25) is 0 Å². The third-order valence-electron chi connectivity index (χ3n) is 4.37. The Balaban J connectivity index is 1.66. The molecule has 0 bridgehead atoms. The second-order valence-corrected chi connectivity index (χ2v) is 6.16. The second kappa shape index (κ2) is 6.93. The minimum absolute atomic E-state index is 0.131. The molecule has 0 saturated heterocycles. The van der Waals surface area contributed by atoms with E-state index in [1.54, 1.807) is 13.2 Å². The fourth-order valence-electron chi connectivity index (χ4n) is 3.14. The van der Waals surface area contributed by atoms with E-state index < -0.39 is 0 Å². The molecule has 1 aromatic carbocycles. The molecule has 6 nitrogen and oxygen atoms in total. The number of carbonyl (C=O) groups is 2. The Morgan fingerprint density at radius 2 is 2.08 bits per heavy atom. The van der Waals surface area contributed by atoms with Gasteiger partial charge in [0.25, 0.3) is 5.91 Å². The maximum absolute atomic E-state index is 12.3. The smallest absolute Gasteiger partial charge is 0.252 e. The van der Waals surface area contributed by atoms with Crippen molar-refractivity contribution in [2.75, 3.05) is 7.11 Å². The van der Waals surface area contributed by atoms with Crippen LogP contribution >= 0.6 is 0 Å². The molecule has 3 rings (SSSR count). The molecule has 1 unspecified atom stereocenters. The molecule has 6 heteroatoms. The number of nitrogens with zero attached hydrogens (tertiary/aromatic N) is 1. The highest BCUT2D eigenvalue weighted by Gasteiger charge is 2.29. The fourth-order valence-corrected chi connectivity index (χ4v) is 3.14. The molecule has 1 aromatic heterocycles. The van der Waals surface area contributed by atoms with Crippen LogP contribution in [0.5, 0.6) is 5.88 Å². The molecule has 0 saturated carbocycles. The lowest BCUT2D eigenvalue weighted by atomic mass is 10.0. The number of benzene rings is 1. The Bertz CT molecular complexity index is 833. The summed E-state index contributed by atoms with van der Waals surface area (Å²) in [6, 6.07) is 9.01. The molecule has 0 radical (unpaired) electrons. The molecule has 0 aliphatic carbocycles. The standard InChI is InChI=1S/C19H21N3O3/c1-11-8-12(2)21-19(25-3)15(11)10-20-17(23)9-16-13-6-4-5-7-14(13)18(24)22-16/h4-8,16H,9-10H2,1-3H3,(H,20,23)(H,22,24). The number of ether oxygens (including phenoxy) is 1. The minimum Gasteiger partial charge on any atom is -0.481 e. The van der Waals surface area contributed by atoms with E-state index in [0.717, 1.165) is 22.4 Å². The van der Waals surface area contributed by atoms with Crippen LogP contribution in [0.25, 0.3) is 0 Å². The lowest BCUT2D eigenvalue weighted by Crippen LogP contribution is -2.29. The van der Waals surface area contributed by atoms with E-state index in [1.807, 2.05) is 38.1 Å². The summed E-state index contributed by atoms with van der Waals surface area (Å²) < 4.78 is 5.31. The molecule has 1 atom stereocenters. The third-order valence-corrected chi connectivity index (χ3v) is 4.37. The molecule has 1 aliphatic rings. The predicted molar refractivity (Wildman–Crippen MR) is 93.4 cm³/mol. The van der Waals surface area contributed by atoms with Gasteiger partial charge in [0, 0.05) is 23.4 Å². The molecular formula is C19H21N3O3. The van der Waals surface area contributed by atoms with Crippen molar-refractivity contribution in [3.63, 3.8) is 0 Å². The van der Waals surface area contributed by atoms with Crippen LogP contribution in [0, 0.1) is 13.8 Å². The van der Waals surface area contributed by atoms with Gasteiger partial charge in [-0.2, -0.15) is 0 Å². The molecular weight excluding hydrogens is 318 g/mol. The Morgan fingerprint density at radius 1 is 1.32 bits per heavy atom. The van der Waals surface area contributed by atoms with Crippen LogP contribution in [-0.2, 0) is 11.3 Å². The van der Waals surface area contributed by atoms with Gasteiger partial charge in [-0.3, -0.25) is 9.59 Å². The number of rotatable bonds is 5. The van der Waals surface area contributed by atoms with Crippen molar-refractivity contribution in [3.8, 4) is 5.88 Å². The Hall–Kier alpha value is -2.89. The number of carbonyl (C=O) groups excluding carboxylic acids is 2. The average Bonchev–Trinajstić information content (AvgIpc) is 2.89. The molecule has 2 amide bonds. The number of hydrogen-bond acceptors (Lipinski definition) is 4. The van der Waals surface area contributed by atoms with Crippen LogP contribution in [0.4, 0.5) is 0 Å². The summed E-state index contributed by atoms with van der Waals surface area (Å²) in [4.78, 5) is 28.6. The second-order valence-electron chi connectivity index (χ2n) is 6.16. The highest BCUT2D eigenvalue weighted by atomic mass is 16.5. The summed E-state index contributed by atoms with van der Waals surface area (Å²) >= 11 is 0. The van der Waals surface area contributed by atoms with Gasteiger partial charge in [-0.25, -0.2) is 4.98 Å². The fraction of sp³-hybridized carbons (Fsp3) is 0.316. The van der Waals surface area contributed by atoms with Crippen molar-refractivity contribution in [3.05, 3.63) is 58.3 Å². The Morgan fingerprint density at radius 3 is 2.84 bits per heavy atom. The van der Waals surface area contributed by atoms with Crippen LogP contribution in [0.3, 0.4) is 0 Å². The number of hydrogen-bond donors (Lipinski definition) is 2. The summed E-state index contributed by atoms with van der Waals surface area (Å²) in [5.41, 5.74) is 4.25. The van der Waals surface area contributed by atoms with Gasteiger partial charge in [-0.15, -0.1) is 0 Å². The number of aryl methyl sites for hydroxylation is 2. The number of amides is 2. The van der Waals surface area contributed by atoms with Crippen LogP contribution in [-0.4, -0.2) is 23.9 Å². The largest absolute Gasteiger partial charge is 0.481 e. The van der Waals surface area contributed by atoms with Crippen molar-refractivity contribution >= 4 is 11.8 Å². The zero-order valence-electron chi connectivity index (χ0n) is 14.6. The first-order valence-electron chi connectivity index (χ1n) is 8.17. The van der Waals surface area contributed by atoms with Crippen molar-refractivity contribution < 1.29 is 14.3 Å². The quantitative estimate of drug-likeness (QED) is 0.875. The lowest BCUT2D eigenvalue weighted by molar-refractivity contribution is -0.121. The van der Waals surface area contributed by atoms with E-state index in [1.165, 1.54) is 0 Å². The molecule has 0 spiro atoms. The van der Waals surface area contributed by atoms with Crippen LogP contribution < -0.4 is 15.4 Å². The highest BCUT2D eigenvalue weighted by Crippen LogP contribution is 2.27. The molecule has 2 N–H and O–H groups in total. The van der Waals surface area contributed by atoms with Gasteiger partial charge in [-0.1, -0.05) is 18.2 Å². The van der Waals surface area contributed by atoms with E-state index in [0.29, 0.717) is 18.0 Å². The van der Waals surface area contributed by atoms with E-state index in [-0.39, 0.29) is 24.3 Å². The monoisotopic (exact) mass is 339 g/mol. The molecule has 2 heterocycles. The maximum atomic E-state index is 12.3. The van der Waals surface area contributed by atoms with Gasteiger partial charge in [-0.05, 0) is 37.1 Å². The number of fused-ring (bicyclic) bond motifs is 1. The lowest BCUT2D eigenvalue weighted by Gasteiger charge is -2.15. The van der Waals surface area contributed by atoms with E-state index in [4.69, 9.17) is 4.74 Å². The third kappa shape index (κ3) is 3.47. The van der Waals surface area contributed by atoms with Crippen LogP contribution in [0.1, 0.15) is 45.2 Å². The van der Waals surface area contributed by atoms with Crippen molar-refractivity contribution in [1.82, 2.24) is 15.6 Å². The molecule has 2 aromatic rings. The number of pyridine rings is 1. The van der Waals surface area contributed by atoms with Gasteiger partial charge in [0.05, 0.1) is 19.6 Å². The minimum atomic E-state index is -0.289. The van der Waals surface area contributed by atoms with Crippen LogP contribution in [0.15, 0.2) is 30.3 Å². The Labute approximate surface area is 146 Å². The predicted octanol–water partition coefficient (Wildman–Crippen LogP) is 2.20. The maximum Gasteiger partial charge on any atom is 0.252 e. The van der Waals surface area contributed by atoms with E-state index >= 15 is 0 Å². The van der Waals surface area contributed by atoms with Crippen molar-refractivity contribution in [2.45, 2.75) is 32.9 Å². The van der Waals surface area contributed by atoms with Crippen molar-refractivity contribution in [1.29, 1.82) is 0 Å². The summed E-state index contributed by atoms with van der Waals surface area (Å²) in [5, 5.41) is 5.75. The van der Waals surface area contributed by atoms with Gasteiger partial charge in [0.15, 0.2) is 0 Å². The topological polar surface area (TPSA) is 80.3 Å². The van der Waals surface area contributed by atoms with E-state index in [9.17, 15) is 9.59 Å². The van der Waals surface area contributed by atoms with Gasteiger partial charge in [0.2, 0.25) is 11.8 Å². The Kier molecular flexibility index (Phi) is 4.70. The highest BCUT2D eigenvalue weighted by molar-refractivity contribution is 5.99. The SMILES string of the molecule is COc1nc(C)cc(C)c1CNC(=O)CC1NC(=O)c2ccccc21. The summed E-state index contributed by atoms with van der Waals surface area (Å²) in [5.74, 6) is 0.259. The number of aromatic nitrogens is 1. The first-order chi connectivity index (χ1) is 12.0. The zero-order chi connectivity index (χ0) is 18.0. The number of methoxy groups -OCH3 is 1. The van der Waals surface area contributed by atoms with Gasteiger partial charge >= 0.3 is 0 Å². The molecule has 25 heavy (non-hydrogen) atoms. The summed E-state index contributed by atoms with van der Waals surface area (Å²) in [6.07, 6.45) is 0.198. The summed E-state index contributed by atoms with van der Waals surface area (Å²) in [7, 11) is 1.57. The first-order valence-corrected chi connectivity index (χ1v) is 8.17. The number of nitrogens with one attached hydrogen (secondary N) is 2. The molecule has 0 fully saturated rings. The van der Waals surface area contributed by atoms with E-state index in [2.05, 4.69) is 15.6 Å². The van der Waals surface area contributed by atoms with Gasteiger partial charge in [0.1, 0.15) is 0 Å². The first kappa shape index (κ1) is 17.0.